The Labute approximate surface area is 156 Å². The standard InChI is InChI=1S/C18H12IN3O3/c19-15-8-4-7-13(11-5-2-1-3-6-11)16(15)22-21-12-9-14(18(24)25)17(23)20-10-12/h1-10H,(H,20,23)(H,24,25). The van der Waals surface area contributed by atoms with Crippen LogP contribution in [0.2, 0.25) is 0 Å². The molecule has 1 aromatic heterocycles. The molecule has 1 heterocycles. The summed E-state index contributed by atoms with van der Waals surface area (Å²) in [7, 11) is 0. The van der Waals surface area contributed by atoms with Gasteiger partial charge in [0.2, 0.25) is 0 Å². The molecule has 0 bridgehead atoms. The van der Waals surface area contributed by atoms with E-state index in [4.69, 9.17) is 5.11 Å². The zero-order valence-corrected chi connectivity index (χ0v) is 15.0. The van der Waals surface area contributed by atoms with Crippen LogP contribution in [0.4, 0.5) is 11.4 Å². The first-order valence-corrected chi connectivity index (χ1v) is 8.36. The quantitative estimate of drug-likeness (QED) is 0.448. The van der Waals surface area contributed by atoms with Gasteiger partial charge in [0.1, 0.15) is 16.9 Å². The molecule has 7 heteroatoms. The topological polar surface area (TPSA) is 94.9 Å². The predicted molar refractivity (Wildman–Crippen MR) is 103 cm³/mol. The zero-order chi connectivity index (χ0) is 17.8. The van der Waals surface area contributed by atoms with E-state index in [9.17, 15) is 9.59 Å². The van der Waals surface area contributed by atoms with Crippen LogP contribution in [0.3, 0.4) is 0 Å². The number of hydrogen-bond acceptors (Lipinski definition) is 4. The number of H-pyrrole nitrogens is 1. The van der Waals surface area contributed by atoms with E-state index in [1.807, 2.05) is 48.5 Å². The van der Waals surface area contributed by atoms with Crippen molar-refractivity contribution in [2.24, 2.45) is 10.2 Å². The highest BCUT2D eigenvalue weighted by atomic mass is 127. The van der Waals surface area contributed by atoms with Crippen LogP contribution in [0.15, 0.2) is 75.8 Å². The van der Waals surface area contributed by atoms with Crippen LogP contribution >= 0.6 is 22.6 Å². The number of aromatic nitrogens is 1. The highest BCUT2D eigenvalue weighted by Crippen LogP contribution is 2.35. The number of nitrogens with one attached hydrogen (secondary N) is 1. The Balaban J connectivity index is 2.04. The molecule has 3 aromatic rings. The smallest absolute Gasteiger partial charge is 0.341 e. The number of carbonyl (C=O) groups is 1. The molecular weight excluding hydrogens is 433 g/mol. The molecule has 6 nitrogen and oxygen atoms in total. The molecule has 0 fully saturated rings. The number of nitrogens with zero attached hydrogens (tertiary/aromatic N) is 2. The second-order valence-electron chi connectivity index (χ2n) is 5.11. The molecule has 3 rings (SSSR count). The normalized spacial score (nSPS) is 10.9. The Morgan fingerprint density at radius 2 is 1.80 bits per heavy atom. The number of carboxylic acid groups (broad SMARTS) is 1. The van der Waals surface area contributed by atoms with Gasteiger partial charge in [-0.05, 0) is 40.3 Å². The lowest BCUT2D eigenvalue weighted by Gasteiger charge is -2.07. The van der Waals surface area contributed by atoms with Gasteiger partial charge in [-0.2, -0.15) is 0 Å². The number of halogens is 1. The molecule has 0 unspecified atom stereocenters. The summed E-state index contributed by atoms with van der Waals surface area (Å²) in [5.41, 5.74) is 1.81. The van der Waals surface area contributed by atoms with Crippen molar-refractivity contribution < 1.29 is 9.90 Å². The van der Waals surface area contributed by atoms with Crippen molar-refractivity contribution in [3.63, 3.8) is 0 Å². The van der Waals surface area contributed by atoms with Crippen LogP contribution in [-0.4, -0.2) is 16.1 Å². The minimum atomic E-state index is -1.31. The molecule has 0 radical (unpaired) electrons. The Morgan fingerprint density at radius 1 is 1.04 bits per heavy atom. The van der Waals surface area contributed by atoms with Gasteiger partial charge in [0.15, 0.2) is 0 Å². The third kappa shape index (κ3) is 3.82. The lowest BCUT2D eigenvalue weighted by atomic mass is 10.0. The van der Waals surface area contributed by atoms with E-state index in [2.05, 4.69) is 37.8 Å². The summed E-state index contributed by atoms with van der Waals surface area (Å²) >= 11 is 2.17. The second kappa shape index (κ2) is 7.39. The van der Waals surface area contributed by atoms with Gasteiger partial charge in [-0.25, -0.2) is 4.79 Å². The van der Waals surface area contributed by atoms with Crippen molar-refractivity contribution in [1.29, 1.82) is 0 Å². The fourth-order valence-electron chi connectivity index (χ4n) is 2.26. The number of rotatable bonds is 4. The van der Waals surface area contributed by atoms with Crippen LogP contribution in [0.5, 0.6) is 0 Å². The number of aromatic amines is 1. The average Bonchev–Trinajstić information content (AvgIpc) is 2.62. The Hall–Kier alpha value is -2.81. The van der Waals surface area contributed by atoms with Gasteiger partial charge in [0, 0.05) is 15.3 Å². The van der Waals surface area contributed by atoms with E-state index < -0.39 is 11.5 Å². The van der Waals surface area contributed by atoms with Gasteiger partial charge in [-0.3, -0.25) is 4.79 Å². The summed E-state index contributed by atoms with van der Waals surface area (Å²) < 4.78 is 0.908. The summed E-state index contributed by atoms with van der Waals surface area (Å²) in [6.45, 7) is 0. The molecular formula is C18H12IN3O3. The molecule has 124 valence electrons. The lowest BCUT2D eigenvalue weighted by molar-refractivity contribution is 0.0695. The number of aromatic carboxylic acids is 1. The van der Waals surface area contributed by atoms with Gasteiger partial charge in [-0.1, -0.05) is 42.5 Å². The molecule has 0 saturated carbocycles. The number of hydrogen-bond donors (Lipinski definition) is 2. The Kier molecular flexibility index (Phi) is 5.03. The molecule has 2 aromatic carbocycles. The molecule has 0 aliphatic carbocycles. The molecule has 25 heavy (non-hydrogen) atoms. The maximum absolute atomic E-state index is 11.5. The summed E-state index contributed by atoms with van der Waals surface area (Å²) in [5.74, 6) is -1.31. The fraction of sp³-hybridized carbons (Fsp3) is 0. The first-order chi connectivity index (χ1) is 12.1. The minimum absolute atomic E-state index is 0.260. The van der Waals surface area contributed by atoms with E-state index in [0.29, 0.717) is 5.69 Å². The first kappa shape index (κ1) is 17.0. The van der Waals surface area contributed by atoms with Gasteiger partial charge >= 0.3 is 5.97 Å². The molecule has 0 amide bonds. The van der Waals surface area contributed by atoms with E-state index in [1.165, 1.54) is 12.3 Å². The molecule has 0 saturated heterocycles. The van der Waals surface area contributed by atoms with Crippen molar-refractivity contribution in [2.75, 3.05) is 0 Å². The number of carboxylic acids is 1. The summed E-state index contributed by atoms with van der Waals surface area (Å²) in [6, 6.07) is 16.8. The average molecular weight is 445 g/mol. The van der Waals surface area contributed by atoms with Crippen molar-refractivity contribution in [3.05, 3.63) is 80.3 Å². The maximum atomic E-state index is 11.5. The number of pyridine rings is 1. The second-order valence-corrected chi connectivity index (χ2v) is 6.27. The third-order valence-corrected chi connectivity index (χ3v) is 4.33. The predicted octanol–water partition coefficient (Wildman–Crippen LogP) is 4.76. The zero-order valence-electron chi connectivity index (χ0n) is 12.8. The molecule has 2 N–H and O–H groups in total. The highest BCUT2D eigenvalue weighted by Gasteiger charge is 2.10. The Morgan fingerprint density at radius 3 is 2.52 bits per heavy atom. The summed E-state index contributed by atoms with van der Waals surface area (Å²) in [4.78, 5) is 24.9. The first-order valence-electron chi connectivity index (χ1n) is 7.28. The number of benzene rings is 2. The number of azo groups is 1. The SMILES string of the molecule is O=C(O)c1cc(N=Nc2c(I)cccc2-c2ccccc2)c[nH]c1=O. The molecule has 0 aliphatic heterocycles. The summed E-state index contributed by atoms with van der Waals surface area (Å²) in [6.07, 6.45) is 1.33. The van der Waals surface area contributed by atoms with Crippen LogP contribution in [-0.2, 0) is 0 Å². The fourth-order valence-corrected chi connectivity index (χ4v) is 2.87. The van der Waals surface area contributed by atoms with E-state index in [1.54, 1.807) is 0 Å². The van der Waals surface area contributed by atoms with Gasteiger partial charge in [0.05, 0.1) is 0 Å². The van der Waals surface area contributed by atoms with Crippen molar-refractivity contribution in [3.8, 4) is 11.1 Å². The van der Waals surface area contributed by atoms with Gasteiger partial charge < -0.3 is 10.1 Å². The van der Waals surface area contributed by atoms with Crippen LogP contribution in [0, 0.1) is 3.57 Å². The maximum Gasteiger partial charge on any atom is 0.341 e. The molecule has 0 spiro atoms. The third-order valence-electron chi connectivity index (χ3n) is 3.46. The van der Waals surface area contributed by atoms with E-state index in [-0.39, 0.29) is 11.3 Å². The van der Waals surface area contributed by atoms with Crippen molar-refractivity contribution in [2.45, 2.75) is 0 Å². The van der Waals surface area contributed by atoms with Crippen molar-refractivity contribution in [1.82, 2.24) is 4.98 Å². The van der Waals surface area contributed by atoms with Gasteiger partial charge in [-0.15, -0.1) is 10.2 Å². The van der Waals surface area contributed by atoms with E-state index in [0.717, 1.165) is 14.7 Å². The highest BCUT2D eigenvalue weighted by molar-refractivity contribution is 14.1. The Bertz CT molecular complexity index is 1010. The molecule has 0 aliphatic rings. The van der Waals surface area contributed by atoms with Crippen LogP contribution in [0.1, 0.15) is 10.4 Å². The minimum Gasteiger partial charge on any atom is -0.477 e. The van der Waals surface area contributed by atoms with Crippen molar-refractivity contribution >= 4 is 39.9 Å². The van der Waals surface area contributed by atoms with Crippen LogP contribution < -0.4 is 5.56 Å². The largest absolute Gasteiger partial charge is 0.477 e. The lowest BCUT2D eigenvalue weighted by Crippen LogP contribution is -2.16. The molecule has 0 atom stereocenters. The van der Waals surface area contributed by atoms with Gasteiger partial charge in [0.25, 0.3) is 5.56 Å². The van der Waals surface area contributed by atoms with Crippen LogP contribution in [0.25, 0.3) is 11.1 Å². The van der Waals surface area contributed by atoms with E-state index >= 15 is 0 Å². The monoisotopic (exact) mass is 445 g/mol. The summed E-state index contributed by atoms with van der Waals surface area (Å²) in [5, 5.41) is 17.4.